The lowest BCUT2D eigenvalue weighted by atomic mass is 10.1. The van der Waals surface area contributed by atoms with Gasteiger partial charge in [0.2, 0.25) is 0 Å². The van der Waals surface area contributed by atoms with Crippen LogP contribution in [-0.2, 0) is 6.18 Å². The number of amides is 1. The van der Waals surface area contributed by atoms with Crippen molar-refractivity contribution in [3.05, 3.63) is 71.5 Å². The van der Waals surface area contributed by atoms with E-state index in [1.807, 2.05) is 6.92 Å². The molecular formula is C21H20F3N5O. The maximum atomic E-state index is 13.1. The van der Waals surface area contributed by atoms with Crippen LogP contribution in [-0.4, -0.2) is 22.4 Å². The summed E-state index contributed by atoms with van der Waals surface area (Å²) in [5, 5.41) is 8.74. The van der Waals surface area contributed by atoms with Crippen LogP contribution in [0.4, 0.5) is 36.2 Å². The predicted octanol–water partition coefficient (Wildman–Crippen LogP) is 5.23. The standard InChI is InChI=1S/C21H20F3N5O/c1-3-25-18-12-19(27-13(2)26-18)28-14-8-10-15(11-9-14)29-20(30)16-6-4-5-7-17(16)21(22,23)24/h4-12H,3H2,1-2H3,(H,29,30)(H2,25,26,27,28). The molecule has 156 valence electrons. The molecule has 30 heavy (non-hydrogen) atoms. The molecule has 6 nitrogen and oxygen atoms in total. The Bertz CT molecular complexity index is 1040. The van der Waals surface area contributed by atoms with Crippen molar-refractivity contribution in [1.29, 1.82) is 0 Å². The first kappa shape index (κ1) is 21.1. The van der Waals surface area contributed by atoms with Gasteiger partial charge in [-0.15, -0.1) is 0 Å². The lowest BCUT2D eigenvalue weighted by Gasteiger charge is -2.13. The van der Waals surface area contributed by atoms with Crippen LogP contribution in [0.3, 0.4) is 0 Å². The quantitative estimate of drug-likeness (QED) is 0.514. The van der Waals surface area contributed by atoms with Crippen molar-refractivity contribution in [2.24, 2.45) is 0 Å². The van der Waals surface area contributed by atoms with Gasteiger partial charge in [-0.2, -0.15) is 13.2 Å². The van der Waals surface area contributed by atoms with E-state index in [4.69, 9.17) is 0 Å². The summed E-state index contributed by atoms with van der Waals surface area (Å²) < 4.78 is 39.3. The van der Waals surface area contributed by atoms with E-state index in [-0.39, 0.29) is 0 Å². The molecule has 1 aromatic heterocycles. The molecule has 0 aliphatic carbocycles. The summed E-state index contributed by atoms with van der Waals surface area (Å²) in [4.78, 5) is 20.9. The van der Waals surface area contributed by atoms with E-state index in [1.165, 1.54) is 12.1 Å². The summed E-state index contributed by atoms with van der Waals surface area (Å²) in [5.41, 5.74) is -0.338. The van der Waals surface area contributed by atoms with Gasteiger partial charge in [-0.05, 0) is 50.2 Å². The number of alkyl halides is 3. The van der Waals surface area contributed by atoms with E-state index in [1.54, 1.807) is 37.3 Å². The first-order valence-electron chi connectivity index (χ1n) is 9.20. The number of aryl methyl sites for hydroxylation is 1. The van der Waals surface area contributed by atoms with E-state index in [0.717, 1.165) is 18.7 Å². The van der Waals surface area contributed by atoms with Crippen LogP contribution in [0.15, 0.2) is 54.6 Å². The third kappa shape index (κ3) is 5.25. The van der Waals surface area contributed by atoms with Crippen LogP contribution >= 0.6 is 0 Å². The zero-order chi connectivity index (χ0) is 21.7. The number of hydrogen-bond acceptors (Lipinski definition) is 5. The lowest BCUT2D eigenvalue weighted by molar-refractivity contribution is -0.137. The van der Waals surface area contributed by atoms with Gasteiger partial charge in [0.25, 0.3) is 5.91 Å². The highest BCUT2D eigenvalue weighted by Crippen LogP contribution is 2.32. The van der Waals surface area contributed by atoms with E-state index >= 15 is 0 Å². The summed E-state index contributed by atoms with van der Waals surface area (Å²) in [6.45, 7) is 4.47. The average molecular weight is 415 g/mol. The largest absolute Gasteiger partial charge is 0.417 e. The van der Waals surface area contributed by atoms with Crippen molar-refractivity contribution in [3.63, 3.8) is 0 Å². The topological polar surface area (TPSA) is 78.9 Å². The molecule has 1 amide bonds. The zero-order valence-corrected chi connectivity index (χ0v) is 16.3. The molecule has 0 saturated heterocycles. The Labute approximate surface area is 171 Å². The van der Waals surface area contributed by atoms with Crippen LogP contribution in [0.25, 0.3) is 0 Å². The fraction of sp³-hybridized carbons (Fsp3) is 0.190. The summed E-state index contributed by atoms with van der Waals surface area (Å²) in [7, 11) is 0. The summed E-state index contributed by atoms with van der Waals surface area (Å²) in [6.07, 6.45) is -4.61. The van der Waals surface area contributed by atoms with Gasteiger partial charge in [0.15, 0.2) is 0 Å². The number of aromatic nitrogens is 2. The van der Waals surface area contributed by atoms with Gasteiger partial charge >= 0.3 is 6.18 Å². The number of hydrogen-bond donors (Lipinski definition) is 3. The Morgan fingerprint density at radius 2 is 1.60 bits per heavy atom. The zero-order valence-electron chi connectivity index (χ0n) is 16.3. The number of anilines is 4. The lowest BCUT2D eigenvalue weighted by Crippen LogP contribution is -2.18. The summed E-state index contributed by atoms with van der Waals surface area (Å²) >= 11 is 0. The maximum absolute atomic E-state index is 13.1. The monoisotopic (exact) mass is 415 g/mol. The first-order chi connectivity index (χ1) is 14.3. The highest BCUT2D eigenvalue weighted by molar-refractivity contribution is 6.05. The minimum absolute atomic E-state index is 0.370. The van der Waals surface area contributed by atoms with Crippen molar-refractivity contribution in [1.82, 2.24) is 9.97 Å². The highest BCUT2D eigenvalue weighted by atomic mass is 19.4. The molecule has 2 aromatic carbocycles. The van der Waals surface area contributed by atoms with E-state index in [2.05, 4.69) is 25.9 Å². The third-order valence-electron chi connectivity index (χ3n) is 4.09. The highest BCUT2D eigenvalue weighted by Gasteiger charge is 2.34. The molecule has 1 heterocycles. The van der Waals surface area contributed by atoms with Gasteiger partial charge in [0.1, 0.15) is 17.5 Å². The summed E-state index contributed by atoms with van der Waals surface area (Å²) in [6, 6.07) is 13.0. The second-order valence-electron chi connectivity index (χ2n) is 6.42. The predicted molar refractivity (Wildman–Crippen MR) is 110 cm³/mol. The maximum Gasteiger partial charge on any atom is 0.417 e. The van der Waals surface area contributed by atoms with Crippen LogP contribution in [0.2, 0.25) is 0 Å². The van der Waals surface area contributed by atoms with Gasteiger partial charge in [-0.3, -0.25) is 4.79 Å². The minimum Gasteiger partial charge on any atom is -0.370 e. The van der Waals surface area contributed by atoms with Crippen LogP contribution < -0.4 is 16.0 Å². The Balaban J connectivity index is 1.72. The smallest absolute Gasteiger partial charge is 0.370 e. The number of halogens is 3. The molecule has 0 fully saturated rings. The van der Waals surface area contributed by atoms with Gasteiger partial charge < -0.3 is 16.0 Å². The van der Waals surface area contributed by atoms with Gasteiger partial charge in [-0.25, -0.2) is 9.97 Å². The van der Waals surface area contributed by atoms with Gasteiger partial charge in [-0.1, -0.05) is 12.1 Å². The molecule has 3 N–H and O–H groups in total. The Morgan fingerprint density at radius 1 is 0.967 bits per heavy atom. The fourth-order valence-corrected chi connectivity index (χ4v) is 2.81. The SMILES string of the molecule is CCNc1cc(Nc2ccc(NC(=O)c3ccccc3C(F)(F)F)cc2)nc(C)n1. The normalized spacial score (nSPS) is 11.1. The first-order valence-corrected chi connectivity index (χ1v) is 9.20. The van der Waals surface area contributed by atoms with Crippen molar-refractivity contribution < 1.29 is 18.0 Å². The van der Waals surface area contributed by atoms with Crippen molar-refractivity contribution in [2.45, 2.75) is 20.0 Å². The van der Waals surface area contributed by atoms with Gasteiger partial charge in [0.05, 0.1) is 11.1 Å². The second kappa shape index (κ2) is 8.81. The molecule has 0 saturated carbocycles. The van der Waals surface area contributed by atoms with E-state index in [9.17, 15) is 18.0 Å². The Morgan fingerprint density at radius 3 is 2.27 bits per heavy atom. The fourth-order valence-electron chi connectivity index (χ4n) is 2.81. The Kier molecular flexibility index (Phi) is 6.20. The molecule has 0 bridgehead atoms. The van der Waals surface area contributed by atoms with E-state index in [0.29, 0.717) is 28.8 Å². The number of rotatable bonds is 6. The van der Waals surface area contributed by atoms with Crippen LogP contribution in [0.1, 0.15) is 28.7 Å². The van der Waals surface area contributed by atoms with Crippen molar-refractivity contribution >= 4 is 28.9 Å². The van der Waals surface area contributed by atoms with Gasteiger partial charge in [0, 0.05) is 24.0 Å². The molecule has 3 aromatic rings. The number of benzene rings is 2. The third-order valence-corrected chi connectivity index (χ3v) is 4.09. The molecule has 9 heteroatoms. The minimum atomic E-state index is -4.61. The van der Waals surface area contributed by atoms with Crippen LogP contribution in [0, 0.1) is 6.92 Å². The average Bonchev–Trinajstić information content (AvgIpc) is 2.68. The molecule has 0 aliphatic heterocycles. The van der Waals surface area contributed by atoms with E-state index < -0.39 is 23.2 Å². The number of nitrogens with zero attached hydrogens (tertiary/aromatic N) is 2. The molecular weight excluding hydrogens is 395 g/mol. The van der Waals surface area contributed by atoms with Crippen molar-refractivity contribution in [3.8, 4) is 0 Å². The molecule has 0 atom stereocenters. The molecule has 3 rings (SSSR count). The molecule has 0 radical (unpaired) electrons. The summed E-state index contributed by atoms with van der Waals surface area (Å²) in [5.74, 6) is 1.06. The Hall–Kier alpha value is -3.62. The van der Waals surface area contributed by atoms with Crippen LogP contribution in [0.5, 0.6) is 0 Å². The molecule has 0 unspecified atom stereocenters. The van der Waals surface area contributed by atoms with Crippen molar-refractivity contribution in [2.75, 3.05) is 22.5 Å². The molecule has 0 aliphatic rings. The second-order valence-corrected chi connectivity index (χ2v) is 6.42. The number of carbonyl (C=O) groups excluding carboxylic acids is 1. The number of nitrogens with one attached hydrogen (secondary N) is 3. The molecule has 0 spiro atoms. The number of carbonyl (C=O) groups is 1.